The number of hydrogen-bond donors (Lipinski definition) is 0. The van der Waals surface area contributed by atoms with Crippen LogP contribution in [0.25, 0.3) is 0 Å². The lowest BCUT2D eigenvalue weighted by molar-refractivity contribution is 1.69. The summed E-state index contributed by atoms with van der Waals surface area (Å²) < 4.78 is 0. The zero-order valence-corrected chi connectivity index (χ0v) is 8.28. The molecule has 2 rings (SSSR count). The molecule has 0 aromatic heterocycles. The fourth-order valence-corrected chi connectivity index (χ4v) is 4.14. The highest BCUT2D eigenvalue weighted by Crippen LogP contribution is 2.37. The molecule has 0 N–H and O–H groups in total. The summed E-state index contributed by atoms with van der Waals surface area (Å²) in [7, 11) is 2.33. The van der Waals surface area contributed by atoms with E-state index in [1.807, 2.05) is 10.8 Å². The van der Waals surface area contributed by atoms with Gasteiger partial charge in [-0.3, -0.25) is 0 Å². The van der Waals surface area contributed by atoms with Crippen molar-refractivity contribution in [2.75, 3.05) is 5.75 Å². The van der Waals surface area contributed by atoms with E-state index in [1.165, 1.54) is 11.3 Å². The molecule has 1 atom stereocenters. The SMILES string of the molecule is C1=CS(=Cc2ccccc2)SC1. The fourth-order valence-electron chi connectivity index (χ4n) is 1.03. The predicted octanol–water partition coefficient (Wildman–Crippen LogP) is 3.28. The lowest BCUT2D eigenvalue weighted by Gasteiger charge is -1.95. The average molecular weight is 194 g/mol. The Bertz CT molecular complexity index is 312. The third-order valence-corrected chi connectivity index (χ3v) is 5.00. The second-order valence-corrected chi connectivity index (χ2v) is 6.11. The van der Waals surface area contributed by atoms with E-state index in [2.05, 4.69) is 47.2 Å². The van der Waals surface area contributed by atoms with Crippen LogP contribution >= 0.6 is 20.3 Å². The van der Waals surface area contributed by atoms with Gasteiger partial charge >= 0.3 is 0 Å². The van der Waals surface area contributed by atoms with Crippen molar-refractivity contribution in [3.05, 3.63) is 47.4 Å². The first-order valence-corrected chi connectivity index (χ1v) is 6.72. The number of benzene rings is 1. The predicted molar refractivity (Wildman–Crippen MR) is 60.8 cm³/mol. The van der Waals surface area contributed by atoms with Crippen molar-refractivity contribution in [1.29, 1.82) is 0 Å². The summed E-state index contributed by atoms with van der Waals surface area (Å²) in [6, 6.07) is 10.5. The highest BCUT2D eigenvalue weighted by Gasteiger charge is 1.97. The molecular weight excluding hydrogens is 184 g/mol. The average Bonchev–Trinajstić information content (AvgIpc) is 2.59. The van der Waals surface area contributed by atoms with Crippen molar-refractivity contribution < 1.29 is 0 Å². The highest BCUT2D eigenvalue weighted by molar-refractivity contribution is 8.85. The Morgan fingerprint density at radius 1 is 1.25 bits per heavy atom. The van der Waals surface area contributed by atoms with E-state index in [0.29, 0.717) is 9.52 Å². The van der Waals surface area contributed by atoms with E-state index in [1.54, 1.807) is 0 Å². The van der Waals surface area contributed by atoms with E-state index in [-0.39, 0.29) is 0 Å². The first-order chi connectivity index (χ1) is 5.95. The molecule has 1 aromatic rings. The molecule has 0 radical (unpaired) electrons. The molecule has 62 valence electrons. The van der Waals surface area contributed by atoms with Crippen LogP contribution in [0.1, 0.15) is 5.56 Å². The molecule has 1 heterocycles. The standard InChI is InChI=1S/C10H10S2/c1-2-5-10(6-3-1)9-12-8-4-7-11-12/h1-6,8-9H,7H2. The molecule has 0 saturated carbocycles. The van der Waals surface area contributed by atoms with Crippen molar-refractivity contribution in [2.45, 2.75) is 0 Å². The monoisotopic (exact) mass is 194 g/mol. The molecule has 0 amide bonds. The summed E-state index contributed by atoms with van der Waals surface area (Å²) in [5, 5.41) is 4.62. The van der Waals surface area contributed by atoms with Gasteiger partial charge in [0.25, 0.3) is 0 Å². The summed E-state index contributed by atoms with van der Waals surface area (Å²) in [6.45, 7) is 0. The molecule has 0 nitrogen and oxygen atoms in total. The van der Waals surface area contributed by atoms with Crippen molar-refractivity contribution in [1.82, 2.24) is 0 Å². The van der Waals surface area contributed by atoms with Gasteiger partial charge in [0, 0.05) is 5.75 Å². The minimum Gasteiger partial charge on any atom is -0.103 e. The van der Waals surface area contributed by atoms with Gasteiger partial charge in [-0.25, -0.2) is 0 Å². The smallest absolute Gasteiger partial charge is 0.0224 e. The van der Waals surface area contributed by atoms with Crippen LogP contribution in [-0.4, -0.2) is 11.1 Å². The van der Waals surface area contributed by atoms with Crippen LogP contribution in [0, 0.1) is 0 Å². The second-order valence-electron chi connectivity index (χ2n) is 2.51. The maximum Gasteiger partial charge on any atom is 0.0224 e. The van der Waals surface area contributed by atoms with Crippen LogP contribution in [0.2, 0.25) is 0 Å². The lowest BCUT2D eigenvalue weighted by atomic mass is 10.2. The third-order valence-electron chi connectivity index (χ3n) is 1.58. The van der Waals surface area contributed by atoms with Gasteiger partial charge < -0.3 is 0 Å². The van der Waals surface area contributed by atoms with Crippen molar-refractivity contribution >= 4 is 25.7 Å². The first kappa shape index (κ1) is 8.14. The second kappa shape index (κ2) is 3.97. The van der Waals surface area contributed by atoms with Crippen molar-refractivity contribution in [3.8, 4) is 0 Å². The van der Waals surface area contributed by atoms with Crippen LogP contribution in [0.4, 0.5) is 0 Å². The van der Waals surface area contributed by atoms with E-state index in [0.717, 1.165) is 0 Å². The molecule has 12 heavy (non-hydrogen) atoms. The highest BCUT2D eigenvalue weighted by atomic mass is 33.1. The Balaban J connectivity index is 2.22. The molecule has 0 fully saturated rings. The van der Waals surface area contributed by atoms with E-state index >= 15 is 0 Å². The van der Waals surface area contributed by atoms with Gasteiger partial charge in [0.05, 0.1) is 0 Å². The summed E-state index contributed by atoms with van der Waals surface area (Å²) in [4.78, 5) is 0. The molecule has 1 aliphatic heterocycles. The summed E-state index contributed by atoms with van der Waals surface area (Å²) in [5.41, 5.74) is 1.33. The molecule has 2 heteroatoms. The first-order valence-electron chi connectivity index (χ1n) is 3.87. The van der Waals surface area contributed by atoms with Gasteiger partial charge in [0.15, 0.2) is 0 Å². The Hall–Kier alpha value is -0.470. The Morgan fingerprint density at radius 2 is 2.08 bits per heavy atom. The van der Waals surface area contributed by atoms with Gasteiger partial charge in [-0.1, -0.05) is 47.2 Å². The molecule has 1 unspecified atom stereocenters. The van der Waals surface area contributed by atoms with E-state index in [4.69, 9.17) is 0 Å². The van der Waals surface area contributed by atoms with Crippen LogP contribution in [0.3, 0.4) is 0 Å². The van der Waals surface area contributed by atoms with Crippen LogP contribution < -0.4 is 0 Å². The Morgan fingerprint density at radius 3 is 2.75 bits per heavy atom. The Labute approximate surface area is 79.0 Å². The lowest BCUT2D eigenvalue weighted by Crippen LogP contribution is -1.75. The summed E-state index contributed by atoms with van der Waals surface area (Å²) >= 11 is 0. The summed E-state index contributed by atoms with van der Waals surface area (Å²) in [5.74, 6) is 1.17. The van der Waals surface area contributed by atoms with Gasteiger partial charge in [-0.2, -0.15) is 0 Å². The minimum atomic E-state index is 0.333. The summed E-state index contributed by atoms with van der Waals surface area (Å²) in [6.07, 6.45) is 2.24. The molecule has 1 aliphatic rings. The topological polar surface area (TPSA) is 0 Å². The van der Waals surface area contributed by atoms with Crippen molar-refractivity contribution in [3.63, 3.8) is 0 Å². The molecule has 0 bridgehead atoms. The van der Waals surface area contributed by atoms with Crippen LogP contribution in [0.5, 0.6) is 0 Å². The van der Waals surface area contributed by atoms with Gasteiger partial charge in [-0.15, -0.1) is 9.52 Å². The molecule has 1 aromatic carbocycles. The quantitative estimate of drug-likeness (QED) is 0.488. The number of hydrogen-bond acceptors (Lipinski definition) is 1. The number of rotatable bonds is 1. The minimum absolute atomic E-state index is 0.333. The van der Waals surface area contributed by atoms with Gasteiger partial charge in [0.2, 0.25) is 0 Å². The molecule has 0 spiro atoms. The van der Waals surface area contributed by atoms with Crippen molar-refractivity contribution in [2.24, 2.45) is 0 Å². The molecule has 0 aliphatic carbocycles. The zero-order valence-electron chi connectivity index (χ0n) is 6.64. The van der Waals surface area contributed by atoms with E-state index < -0.39 is 0 Å². The van der Waals surface area contributed by atoms with Crippen LogP contribution in [-0.2, 0) is 0 Å². The van der Waals surface area contributed by atoms with Crippen LogP contribution in [0.15, 0.2) is 41.8 Å². The third kappa shape index (κ3) is 2.02. The Kier molecular flexibility index (Phi) is 2.69. The normalized spacial score (nSPS) is 21.8. The largest absolute Gasteiger partial charge is 0.103 e. The molecule has 0 saturated heterocycles. The maximum absolute atomic E-state index is 2.33. The van der Waals surface area contributed by atoms with Gasteiger partial charge in [-0.05, 0) is 16.3 Å². The van der Waals surface area contributed by atoms with E-state index in [9.17, 15) is 0 Å². The zero-order chi connectivity index (χ0) is 8.23. The molecular formula is C10H10S2. The maximum atomic E-state index is 2.33. The fraction of sp³-hybridized carbons (Fsp3) is 0.100. The van der Waals surface area contributed by atoms with Gasteiger partial charge in [0.1, 0.15) is 0 Å².